The van der Waals surface area contributed by atoms with Gasteiger partial charge in [-0.05, 0) is 54.0 Å². The van der Waals surface area contributed by atoms with E-state index in [9.17, 15) is 9.59 Å². The van der Waals surface area contributed by atoms with E-state index in [4.69, 9.17) is 4.74 Å². The van der Waals surface area contributed by atoms with E-state index in [1.807, 2.05) is 38.1 Å². The van der Waals surface area contributed by atoms with Crippen molar-refractivity contribution in [1.82, 2.24) is 10.2 Å². The van der Waals surface area contributed by atoms with Crippen LogP contribution in [-0.2, 0) is 28.0 Å². The van der Waals surface area contributed by atoms with Crippen molar-refractivity contribution in [3.63, 3.8) is 0 Å². The van der Waals surface area contributed by atoms with Gasteiger partial charge in [-0.2, -0.15) is 0 Å². The fourth-order valence-corrected chi connectivity index (χ4v) is 3.75. The Kier molecular flexibility index (Phi) is 9.30. The summed E-state index contributed by atoms with van der Waals surface area (Å²) in [5.74, 6) is 0.603. The van der Waals surface area contributed by atoms with Gasteiger partial charge in [0.15, 0.2) is 0 Å². The predicted octanol–water partition coefficient (Wildman–Crippen LogP) is 4.87. The summed E-state index contributed by atoms with van der Waals surface area (Å²) in [6.07, 6.45) is 1.56. The van der Waals surface area contributed by atoms with Crippen molar-refractivity contribution >= 4 is 11.8 Å². The van der Waals surface area contributed by atoms with Crippen LogP contribution in [0.15, 0.2) is 48.5 Å². The zero-order chi connectivity index (χ0) is 23.7. The third-order valence-electron chi connectivity index (χ3n) is 5.67. The van der Waals surface area contributed by atoms with E-state index in [1.165, 1.54) is 5.56 Å². The number of benzene rings is 2. The molecule has 0 aliphatic rings. The number of amides is 2. The molecule has 0 aromatic heterocycles. The van der Waals surface area contributed by atoms with E-state index >= 15 is 0 Å². The van der Waals surface area contributed by atoms with Gasteiger partial charge in [-0.15, -0.1) is 0 Å². The van der Waals surface area contributed by atoms with Gasteiger partial charge in [0.05, 0.1) is 7.11 Å². The van der Waals surface area contributed by atoms with Crippen molar-refractivity contribution in [3.8, 4) is 5.75 Å². The van der Waals surface area contributed by atoms with Gasteiger partial charge in [0.1, 0.15) is 11.8 Å². The first-order chi connectivity index (χ1) is 15.2. The minimum atomic E-state index is -0.503. The molecule has 0 aliphatic heterocycles. The van der Waals surface area contributed by atoms with E-state index in [0.717, 1.165) is 16.9 Å². The van der Waals surface area contributed by atoms with Gasteiger partial charge in [0.2, 0.25) is 11.8 Å². The third-order valence-corrected chi connectivity index (χ3v) is 5.67. The maximum atomic E-state index is 13.3. The minimum Gasteiger partial charge on any atom is -0.497 e. The lowest BCUT2D eigenvalue weighted by Gasteiger charge is -2.30. The molecule has 32 heavy (non-hydrogen) atoms. The number of carbonyl (C=O) groups is 2. The molecule has 174 valence electrons. The summed E-state index contributed by atoms with van der Waals surface area (Å²) in [6.45, 7) is 11.3. The molecule has 1 atom stereocenters. The topological polar surface area (TPSA) is 58.6 Å². The molecular formula is C27H38N2O3. The number of rotatable bonds is 10. The van der Waals surface area contributed by atoms with Crippen LogP contribution in [0, 0.1) is 0 Å². The molecule has 0 unspecified atom stereocenters. The average Bonchev–Trinajstić information content (AvgIpc) is 2.77. The summed E-state index contributed by atoms with van der Waals surface area (Å²) in [6, 6.07) is 15.6. The number of carbonyl (C=O) groups excluding carboxylic acids is 2. The Labute approximate surface area is 193 Å². The van der Waals surface area contributed by atoms with Gasteiger partial charge in [0.25, 0.3) is 0 Å². The molecule has 0 heterocycles. The monoisotopic (exact) mass is 438 g/mol. The van der Waals surface area contributed by atoms with Gasteiger partial charge in [-0.25, -0.2) is 0 Å². The van der Waals surface area contributed by atoms with Crippen molar-refractivity contribution in [3.05, 3.63) is 65.2 Å². The SMILES string of the molecule is CCNC(=O)[C@@H](CC)N(Cc1cccc(OC)c1)C(=O)CCc1ccc(C(C)(C)C)cc1. The van der Waals surface area contributed by atoms with Crippen LogP contribution in [0.25, 0.3) is 0 Å². The Morgan fingerprint density at radius 3 is 2.28 bits per heavy atom. The molecule has 0 fully saturated rings. The van der Waals surface area contributed by atoms with Crippen LogP contribution in [0.4, 0.5) is 0 Å². The van der Waals surface area contributed by atoms with Gasteiger partial charge in [-0.3, -0.25) is 9.59 Å². The molecule has 5 nitrogen and oxygen atoms in total. The number of hydrogen-bond acceptors (Lipinski definition) is 3. The summed E-state index contributed by atoms with van der Waals surface area (Å²) in [5, 5.41) is 2.88. The molecule has 0 radical (unpaired) electrons. The van der Waals surface area contributed by atoms with Gasteiger partial charge in [-0.1, -0.05) is 64.1 Å². The van der Waals surface area contributed by atoms with E-state index in [1.54, 1.807) is 12.0 Å². The molecule has 0 saturated heterocycles. The highest BCUT2D eigenvalue weighted by Crippen LogP contribution is 2.23. The Morgan fingerprint density at radius 2 is 1.72 bits per heavy atom. The maximum absolute atomic E-state index is 13.3. The van der Waals surface area contributed by atoms with Crippen LogP contribution in [-0.4, -0.2) is 36.4 Å². The molecule has 0 spiro atoms. The molecule has 2 aromatic rings. The van der Waals surface area contributed by atoms with Crippen molar-refractivity contribution in [2.24, 2.45) is 0 Å². The fraction of sp³-hybridized carbons (Fsp3) is 0.481. The number of hydrogen-bond donors (Lipinski definition) is 1. The minimum absolute atomic E-state index is 0.0224. The lowest BCUT2D eigenvalue weighted by Crippen LogP contribution is -2.49. The number of ether oxygens (including phenoxy) is 1. The average molecular weight is 439 g/mol. The summed E-state index contributed by atoms with van der Waals surface area (Å²) in [5.41, 5.74) is 3.44. The lowest BCUT2D eigenvalue weighted by atomic mass is 9.86. The van der Waals surface area contributed by atoms with Crippen molar-refractivity contribution in [2.75, 3.05) is 13.7 Å². The molecule has 1 N–H and O–H groups in total. The maximum Gasteiger partial charge on any atom is 0.242 e. The summed E-state index contributed by atoms with van der Waals surface area (Å²) < 4.78 is 5.33. The highest BCUT2D eigenvalue weighted by atomic mass is 16.5. The van der Waals surface area contributed by atoms with Crippen LogP contribution in [0.3, 0.4) is 0 Å². The number of nitrogens with zero attached hydrogens (tertiary/aromatic N) is 1. The van der Waals surface area contributed by atoms with E-state index in [-0.39, 0.29) is 17.2 Å². The molecular weight excluding hydrogens is 400 g/mol. The van der Waals surface area contributed by atoms with Gasteiger partial charge >= 0.3 is 0 Å². The van der Waals surface area contributed by atoms with Crippen LogP contribution in [0.5, 0.6) is 5.75 Å². The number of methoxy groups -OCH3 is 1. The van der Waals surface area contributed by atoms with Crippen molar-refractivity contribution < 1.29 is 14.3 Å². The smallest absolute Gasteiger partial charge is 0.242 e. The normalized spacial score (nSPS) is 12.2. The molecule has 5 heteroatoms. The first-order valence-electron chi connectivity index (χ1n) is 11.5. The van der Waals surface area contributed by atoms with E-state index in [2.05, 4.69) is 50.4 Å². The molecule has 2 rings (SSSR count). The Hall–Kier alpha value is -2.82. The summed E-state index contributed by atoms with van der Waals surface area (Å²) >= 11 is 0. The van der Waals surface area contributed by atoms with Crippen LogP contribution in [0.2, 0.25) is 0 Å². The molecule has 0 bridgehead atoms. The van der Waals surface area contributed by atoms with Crippen molar-refractivity contribution in [2.45, 2.75) is 71.9 Å². The number of aryl methyl sites for hydroxylation is 1. The van der Waals surface area contributed by atoms with E-state index < -0.39 is 6.04 Å². The second-order valence-electron chi connectivity index (χ2n) is 9.14. The molecule has 2 amide bonds. The third kappa shape index (κ3) is 7.11. The summed E-state index contributed by atoms with van der Waals surface area (Å²) in [4.78, 5) is 27.7. The number of likely N-dealkylation sites (N-methyl/N-ethyl adjacent to an activating group) is 1. The second kappa shape index (κ2) is 11.7. The Balaban J connectivity index is 2.19. The zero-order valence-corrected chi connectivity index (χ0v) is 20.4. The highest BCUT2D eigenvalue weighted by molar-refractivity contribution is 5.87. The molecule has 2 aromatic carbocycles. The van der Waals surface area contributed by atoms with Gasteiger partial charge < -0.3 is 15.0 Å². The van der Waals surface area contributed by atoms with Crippen LogP contribution < -0.4 is 10.1 Å². The number of nitrogens with one attached hydrogen (secondary N) is 1. The van der Waals surface area contributed by atoms with E-state index in [0.29, 0.717) is 32.4 Å². The Morgan fingerprint density at radius 1 is 1.03 bits per heavy atom. The largest absolute Gasteiger partial charge is 0.497 e. The lowest BCUT2D eigenvalue weighted by molar-refractivity contribution is -0.141. The fourth-order valence-electron chi connectivity index (χ4n) is 3.75. The Bertz CT molecular complexity index is 885. The molecule has 0 aliphatic carbocycles. The summed E-state index contributed by atoms with van der Waals surface area (Å²) in [7, 11) is 1.62. The van der Waals surface area contributed by atoms with Crippen molar-refractivity contribution in [1.29, 1.82) is 0 Å². The zero-order valence-electron chi connectivity index (χ0n) is 20.4. The quantitative estimate of drug-likeness (QED) is 0.576. The first-order valence-corrected chi connectivity index (χ1v) is 11.5. The standard InChI is InChI=1S/C27H38N2O3/c1-7-24(26(31)28-8-2)29(19-21-10-9-11-23(18-21)32-6)25(30)17-14-20-12-15-22(16-13-20)27(3,4)5/h9-13,15-16,18,24H,7-8,14,17,19H2,1-6H3,(H,28,31)/t24-/m1/s1. The van der Waals surface area contributed by atoms with Crippen LogP contribution in [0.1, 0.15) is 64.2 Å². The first kappa shape index (κ1) is 25.4. The predicted molar refractivity (Wildman–Crippen MR) is 130 cm³/mol. The highest BCUT2D eigenvalue weighted by Gasteiger charge is 2.28. The second-order valence-corrected chi connectivity index (χ2v) is 9.14. The van der Waals surface area contributed by atoms with Crippen LogP contribution >= 0.6 is 0 Å². The van der Waals surface area contributed by atoms with Gasteiger partial charge in [0, 0.05) is 19.5 Å². The molecule has 0 saturated carbocycles.